The number of aryl methyl sites for hydroxylation is 1. The van der Waals surface area contributed by atoms with Gasteiger partial charge in [-0.2, -0.15) is 13.2 Å². The summed E-state index contributed by atoms with van der Waals surface area (Å²) >= 11 is 0. The summed E-state index contributed by atoms with van der Waals surface area (Å²) in [7, 11) is 1.61. The van der Waals surface area contributed by atoms with Crippen LogP contribution in [0.5, 0.6) is 11.6 Å². The van der Waals surface area contributed by atoms with Gasteiger partial charge in [-0.25, -0.2) is 9.97 Å². The lowest BCUT2D eigenvalue weighted by Gasteiger charge is -2.19. The first-order chi connectivity index (χ1) is 15.7. The monoisotopic (exact) mass is 463 g/mol. The highest BCUT2D eigenvalue weighted by molar-refractivity contribution is 5.53. The Morgan fingerprint density at radius 1 is 1.00 bits per heavy atom. The predicted octanol–water partition coefficient (Wildman–Crippen LogP) is 4.45. The van der Waals surface area contributed by atoms with E-state index in [0.29, 0.717) is 36.3 Å². The zero-order valence-electron chi connectivity index (χ0n) is 18.0. The fourth-order valence-corrected chi connectivity index (χ4v) is 2.88. The van der Waals surface area contributed by atoms with Gasteiger partial charge in [0.05, 0.1) is 12.2 Å². The highest BCUT2D eigenvalue weighted by Gasteiger charge is 2.32. The second kappa shape index (κ2) is 10.8. The van der Waals surface area contributed by atoms with Crippen molar-refractivity contribution in [2.45, 2.75) is 19.5 Å². The smallest absolute Gasteiger partial charge is 0.416 e. The molecule has 0 saturated carbocycles. The summed E-state index contributed by atoms with van der Waals surface area (Å²) in [6.45, 7) is 2.50. The van der Waals surface area contributed by atoms with Gasteiger partial charge in [0.25, 0.3) is 0 Å². The topological polar surface area (TPSA) is 101 Å². The zero-order chi connectivity index (χ0) is 23.8. The summed E-state index contributed by atoms with van der Waals surface area (Å²) in [4.78, 5) is 8.15. The highest BCUT2D eigenvalue weighted by atomic mass is 19.4. The molecule has 0 aliphatic heterocycles. The van der Waals surface area contributed by atoms with E-state index in [1.165, 1.54) is 25.4 Å². The molecule has 0 fully saturated rings. The van der Waals surface area contributed by atoms with Gasteiger partial charge >= 0.3 is 6.18 Å². The van der Waals surface area contributed by atoms with Crippen LogP contribution in [-0.4, -0.2) is 41.7 Å². The SMILES string of the molecule is COCCNc1cc(Oc2ccc(NC(O)Nc3ccc(C)c(C(F)(F)F)c3)cc2)ncn1. The van der Waals surface area contributed by atoms with Crippen molar-refractivity contribution in [2.75, 3.05) is 36.2 Å². The van der Waals surface area contributed by atoms with Crippen molar-refractivity contribution in [1.82, 2.24) is 9.97 Å². The number of rotatable bonds is 10. The molecule has 1 unspecified atom stereocenters. The minimum atomic E-state index is -4.47. The number of hydrogen-bond donors (Lipinski definition) is 4. The summed E-state index contributed by atoms with van der Waals surface area (Å²) in [6.07, 6.45) is -4.42. The summed E-state index contributed by atoms with van der Waals surface area (Å²) in [5.74, 6) is 1.43. The van der Waals surface area contributed by atoms with Crippen molar-refractivity contribution in [2.24, 2.45) is 0 Å². The zero-order valence-corrected chi connectivity index (χ0v) is 18.0. The molecule has 0 radical (unpaired) electrons. The third-order valence-electron chi connectivity index (χ3n) is 4.48. The number of methoxy groups -OCH3 is 1. The van der Waals surface area contributed by atoms with Crippen LogP contribution in [0.1, 0.15) is 11.1 Å². The van der Waals surface area contributed by atoms with Gasteiger partial charge in [0.15, 0.2) is 0 Å². The third kappa shape index (κ3) is 7.22. The van der Waals surface area contributed by atoms with Crippen LogP contribution in [0.2, 0.25) is 0 Å². The fraction of sp³-hybridized carbons (Fsp3) is 0.273. The van der Waals surface area contributed by atoms with E-state index in [1.807, 2.05) is 0 Å². The molecule has 3 rings (SSSR count). The lowest BCUT2D eigenvalue weighted by Crippen LogP contribution is -2.28. The standard InChI is InChI=1S/C22H24F3N5O3/c1-14-3-4-16(11-18(14)22(23,24)25)30-21(31)29-15-5-7-17(8-6-15)33-20-12-19(27-13-28-20)26-9-10-32-2/h3-8,11-13,21,29-31H,9-10H2,1-2H3,(H,26,27,28). The first kappa shape index (κ1) is 24.1. The highest BCUT2D eigenvalue weighted by Crippen LogP contribution is 2.33. The largest absolute Gasteiger partial charge is 0.439 e. The number of nitrogens with one attached hydrogen (secondary N) is 3. The summed E-state index contributed by atoms with van der Waals surface area (Å²) < 4.78 is 49.9. The molecule has 33 heavy (non-hydrogen) atoms. The number of alkyl halides is 3. The maximum absolute atomic E-state index is 13.1. The Labute approximate surface area is 188 Å². The third-order valence-corrected chi connectivity index (χ3v) is 4.48. The summed E-state index contributed by atoms with van der Waals surface area (Å²) in [6, 6.07) is 12.0. The number of halogens is 3. The van der Waals surface area contributed by atoms with Crippen molar-refractivity contribution in [3.63, 3.8) is 0 Å². The normalized spacial score (nSPS) is 12.2. The fourth-order valence-electron chi connectivity index (χ4n) is 2.88. The molecule has 0 spiro atoms. The molecule has 3 aromatic rings. The van der Waals surface area contributed by atoms with Gasteiger partial charge in [0.1, 0.15) is 17.9 Å². The Balaban J connectivity index is 1.57. The van der Waals surface area contributed by atoms with Gasteiger partial charge in [0.2, 0.25) is 12.2 Å². The molecule has 0 aliphatic rings. The van der Waals surface area contributed by atoms with Gasteiger partial charge < -0.3 is 30.5 Å². The molecule has 0 bridgehead atoms. The molecule has 176 valence electrons. The van der Waals surface area contributed by atoms with E-state index in [4.69, 9.17) is 9.47 Å². The Morgan fingerprint density at radius 2 is 1.70 bits per heavy atom. The second-order valence-corrected chi connectivity index (χ2v) is 7.01. The number of aliphatic hydroxyl groups excluding tert-OH is 1. The van der Waals surface area contributed by atoms with Crippen LogP contribution in [0, 0.1) is 6.92 Å². The number of aliphatic hydroxyl groups is 1. The van der Waals surface area contributed by atoms with Crippen LogP contribution < -0.4 is 20.7 Å². The van der Waals surface area contributed by atoms with Gasteiger partial charge in [-0.1, -0.05) is 6.07 Å². The summed E-state index contributed by atoms with van der Waals surface area (Å²) in [5.41, 5.74) is -0.00250. The molecule has 1 atom stereocenters. The van der Waals surface area contributed by atoms with Crippen molar-refractivity contribution >= 4 is 17.2 Å². The van der Waals surface area contributed by atoms with E-state index in [2.05, 4.69) is 25.9 Å². The van der Waals surface area contributed by atoms with E-state index in [9.17, 15) is 18.3 Å². The molecule has 2 aromatic carbocycles. The number of hydrogen-bond acceptors (Lipinski definition) is 8. The number of aromatic nitrogens is 2. The average Bonchev–Trinajstić information content (AvgIpc) is 2.76. The van der Waals surface area contributed by atoms with Gasteiger partial charge in [-0.3, -0.25) is 0 Å². The van der Waals surface area contributed by atoms with Crippen LogP contribution in [0.15, 0.2) is 54.9 Å². The Kier molecular flexibility index (Phi) is 7.91. The van der Waals surface area contributed by atoms with Crippen LogP contribution in [-0.2, 0) is 10.9 Å². The van der Waals surface area contributed by atoms with E-state index < -0.39 is 18.1 Å². The van der Waals surface area contributed by atoms with Crippen LogP contribution in [0.4, 0.5) is 30.4 Å². The Bertz CT molecular complexity index is 1050. The van der Waals surface area contributed by atoms with Gasteiger partial charge in [-0.15, -0.1) is 0 Å². The maximum Gasteiger partial charge on any atom is 0.416 e. The molecule has 11 heteroatoms. The van der Waals surface area contributed by atoms with Crippen LogP contribution in [0.3, 0.4) is 0 Å². The Hall–Kier alpha value is -3.57. The maximum atomic E-state index is 13.1. The van der Waals surface area contributed by atoms with Gasteiger partial charge in [-0.05, 0) is 48.9 Å². The van der Waals surface area contributed by atoms with Crippen LogP contribution >= 0.6 is 0 Å². The molecule has 0 aliphatic carbocycles. The van der Waals surface area contributed by atoms with E-state index in [1.54, 1.807) is 37.4 Å². The minimum Gasteiger partial charge on any atom is -0.439 e. The van der Waals surface area contributed by atoms with Crippen molar-refractivity contribution in [1.29, 1.82) is 0 Å². The second-order valence-electron chi connectivity index (χ2n) is 7.01. The van der Waals surface area contributed by atoms with E-state index >= 15 is 0 Å². The summed E-state index contributed by atoms with van der Waals surface area (Å²) in [5, 5.41) is 18.6. The van der Waals surface area contributed by atoms with Crippen LogP contribution in [0.25, 0.3) is 0 Å². The number of anilines is 3. The van der Waals surface area contributed by atoms with Crippen molar-refractivity contribution < 1.29 is 27.8 Å². The first-order valence-electron chi connectivity index (χ1n) is 9.96. The Morgan fingerprint density at radius 3 is 2.39 bits per heavy atom. The molecule has 0 saturated heterocycles. The minimum absolute atomic E-state index is 0.104. The lowest BCUT2D eigenvalue weighted by molar-refractivity contribution is -0.138. The molecular formula is C22H24F3N5O3. The lowest BCUT2D eigenvalue weighted by atomic mass is 10.1. The number of nitrogens with zero attached hydrogens (tertiary/aromatic N) is 2. The molecule has 1 heterocycles. The number of ether oxygens (including phenoxy) is 2. The molecular weight excluding hydrogens is 439 g/mol. The molecule has 8 nitrogen and oxygen atoms in total. The average molecular weight is 463 g/mol. The van der Waals surface area contributed by atoms with Crippen molar-refractivity contribution in [3.8, 4) is 11.6 Å². The molecule has 1 aromatic heterocycles. The number of benzene rings is 2. The predicted molar refractivity (Wildman–Crippen MR) is 118 cm³/mol. The van der Waals surface area contributed by atoms with E-state index in [-0.39, 0.29) is 11.3 Å². The van der Waals surface area contributed by atoms with E-state index in [0.717, 1.165) is 6.07 Å². The quantitative estimate of drug-likeness (QED) is 0.258. The van der Waals surface area contributed by atoms with Crippen molar-refractivity contribution in [3.05, 3.63) is 66.0 Å². The molecule has 4 N–H and O–H groups in total. The first-order valence-corrected chi connectivity index (χ1v) is 9.96. The molecule has 0 amide bonds. The van der Waals surface area contributed by atoms with Gasteiger partial charge in [0, 0.05) is 31.1 Å².